The van der Waals surface area contributed by atoms with E-state index in [1.54, 1.807) is 60.7 Å². The van der Waals surface area contributed by atoms with Crippen molar-refractivity contribution in [3.05, 3.63) is 114 Å². The van der Waals surface area contributed by atoms with E-state index >= 15 is 4.39 Å². The van der Waals surface area contributed by atoms with Gasteiger partial charge < -0.3 is 9.47 Å². The number of imide groups is 1. The van der Waals surface area contributed by atoms with Gasteiger partial charge in [-0.2, -0.15) is 9.97 Å². The van der Waals surface area contributed by atoms with Crippen LogP contribution in [-0.4, -0.2) is 43.1 Å². The fraction of sp³-hybridized carbons (Fsp3) is 0.265. The summed E-state index contributed by atoms with van der Waals surface area (Å²) in [4.78, 5) is 42.6. The van der Waals surface area contributed by atoms with Crippen molar-refractivity contribution < 1.29 is 23.5 Å². The van der Waals surface area contributed by atoms with Gasteiger partial charge in [-0.3, -0.25) is 14.2 Å². The minimum atomic E-state index is -1.76. The molecule has 4 atom stereocenters. The van der Waals surface area contributed by atoms with Crippen LogP contribution in [0.5, 0.6) is 5.88 Å². The normalized spacial score (nSPS) is 21.3. The summed E-state index contributed by atoms with van der Waals surface area (Å²) in [5.74, 6) is -1.86. The van der Waals surface area contributed by atoms with E-state index in [-0.39, 0.29) is 46.8 Å². The summed E-state index contributed by atoms with van der Waals surface area (Å²) in [5, 5.41) is 0. The Hall–Kier alpha value is -4.96. The lowest BCUT2D eigenvalue weighted by Crippen LogP contribution is -2.38. The molecule has 6 rings (SSSR count). The molecule has 3 heterocycles. The smallest absolute Gasteiger partial charge is 0.267 e. The van der Waals surface area contributed by atoms with Gasteiger partial charge in [0.15, 0.2) is 23.1 Å². The van der Waals surface area contributed by atoms with Gasteiger partial charge in [0.25, 0.3) is 11.8 Å². The maximum Gasteiger partial charge on any atom is 0.267 e. The molecule has 1 fully saturated rings. The van der Waals surface area contributed by atoms with Crippen LogP contribution >= 0.6 is 0 Å². The summed E-state index contributed by atoms with van der Waals surface area (Å²) >= 11 is 0. The van der Waals surface area contributed by atoms with Gasteiger partial charge >= 0.3 is 0 Å². The highest BCUT2D eigenvalue weighted by Gasteiger charge is 2.53. The van der Waals surface area contributed by atoms with E-state index in [0.29, 0.717) is 6.42 Å². The second-order valence-corrected chi connectivity index (χ2v) is 11.0. The molecule has 224 valence electrons. The third-order valence-electron chi connectivity index (χ3n) is 8.13. The first-order valence-corrected chi connectivity index (χ1v) is 14.5. The van der Waals surface area contributed by atoms with E-state index < -0.39 is 29.6 Å². The number of carbonyl (C=O) groups is 2. The Morgan fingerprint density at radius 1 is 0.932 bits per heavy atom. The van der Waals surface area contributed by atoms with Crippen LogP contribution in [0.1, 0.15) is 59.7 Å². The van der Waals surface area contributed by atoms with Crippen LogP contribution in [0.3, 0.4) is 0 Å². The number of alkyl halides is 1. The Labute approximate surface area is 254 Å². The molecule has 0 aliphatic carbocycles. The van der Waals surface area contributed by atoms with Crippen LogP contribution in [0.25, 0.3) is 11.2 Å². The fourth-order valence-corrected chi connectivity index (χ4v) is 5.46. The number of aromatic nitrogens is 4. The molecule has 0 unspecified atom stereocenters. The van der Waals surface area contributed by atoms with Crippen LogP contribution in [0, 0.1) is 5.92 Å². The Morgan fingerprint density at radius 3 is 2.05 bits per heavy atom. The lowest BCUT2D eigenvalue weighted by molar-refractivity contribution is -0.0450. The molecule has 44 heavy (non-hydrogen) atoms. The van der Waals surface area contributed by atoms with Gasteiger partial charge in [-0.05, 0) is 43.2 Å². The second-order valence-electron chi connectivity index (χ2n) is 11.0. The second kappa shape index (κ2) is 12.0. The molecule has 1 saturated heterocycles. The average Bonchev–Trinajstić information content (AvgIpc) is 3.58. The van der Waals surface area contributed by atoms with Crippen molar-refractivity contribution in [2.75, 3.05) is 4.90 Å². The number of ether oxygens (including phenoxy) is 2. The average molecular weight is 594 g/mol. The predicted molar refractivity (Wildman–Crippen MR) is 163 cm³/mol. The third kappa shape index (κ3) is 5.33. The van der Waals surface area contributed by atoms with Crippen molar-refractivity contribution >= 4 is 28.9 Å². The Bertz CT molecular complexity index is 1730. The van der Waals surface area contributed by atoms with Gasteiger partial charge in [0.1, 0.15) is 6.61 Å². The maximum atomic E-state index is 16.3. The van der Waals surface area contributed by atoms with Gasteiger partial charge in [-0.15, -0.1) is 0 Å². The molecule has 0 spiro atoms. The molecule has 0 saturated carbocycles. The van der Waals surface area contributed by atoms with E-state index in [4.69, 9.17) is 9.47 Å². The lowest BCUT2D eigenvalue weighted by Gasteiger charge is -2.26. The standard InChI is InChI=1S/C34H32FN5O4/c1-4-26-22(2)34(3,35)32(44-26)39-21-36-27-28(39)37-33(38-29(27)43-20-23-14-8-5-9-15-23)40(30(41)24-16-10-6-11-17-24)31(42)25-18-12-7-13-19-25/h5-19,21-22,26,32H,4,20H2,1-3H3/t22-,26-,32-,34-/m1/s1. The summed E-state index contributed by atoms with van der Waals surface area (Å²) in [5.41, 5.74) is 0.0437. The van der Waals surface area contributed by atoms with Crippen LogP contribution in [0.15, 0.2) is 97.3 Å². The number of nitrogens with zero attached hydrogens (tertiary/aromatic N) is 5. The highest BCUT2D eigenvalue weighted by Crippen LogP contribution is 2.47. The van der Waals surface area contributed by atoms with Crippen molar-refractivity contribution in [2.24, 2.45) is 5.92 Å². The molecular weight excluding hydrogens is 561 g/mol. The monoisotopic (exact) mass is 593 g/mol. The molecule has 5 aromatic rings. The number of imidazole rings is 1. The summed E-state index contributed by atoms with van der Waals surface area (Å²) < 4.78 is 30.1. The summed E-state index contributed by atoms with van der Waals surface area (Å²) in [6, 6.07) is 26.3. The number of hydrogen-bond acceptors (Lipinski definition) is 7. The van der Waals surface area contributed by atoms with Gasteiger partial charge in [-0.1, -0.05) is 80.6 Å². The molecule has 0 bridgehead atoms. The van der Waals surface area contributed by atoms with Crippen molar-refractivity contribution in [2.45, 2.75) is 51.8 Å². The Balaban J connectivity index is 1.52. The lowest BCUT2D eigenvalue weighted by atomic mass is 9.88. The van der Waals surface area contributed by atoms with Crippen LogP contribution in [-0.2, 0) is 11.3 Å². The molecular formula is C34H32FN5O4. The molecule has 1 aliphatic heterocycles. The highest BCUT2D eigenvalue weighted by molar-refractivity contribution is 6.25. The number of anilines is 1. The molecule has 0 radical (unpaired) electrons. The highest BCUT2D eigenvalue weighted by atomic mass is 19.1. The molecule has 3 aromatic carbocycles. The number of halogens is 1. The van der Waals surface area contributed by atoms with Crippen molar-refractivity contribution in [3.8, 4) is 5.88 Å². The van der Waals surface area contributed by atoms with E-state index in [9.17, 15) is 9.59 Å². The van der Waals surface area contributed by atoms with Gasteiger partial charge in [0.2, 0.25) is 11.8 Å². The summed E-state index contributed by atoms with van der Waals surface area (Å²) in [6.45, 7) is 5.40. The van der Waals surface area contributed by atoms with Crippen LogP contribution in [0.2, 0.25) is 0 Å². The topological polar surface area (TPSA) is 99.4 Å². The number of fused-ring (bicyclic) bond motifs is 1. The van der Waals surface area contributed by atoms with Gasteiger partial charge in [-0.25, -0.2) is 14.3 Å². The van der Waals surface area contributed by atoms with Crippen molar-refractivity contribution in [1.29, 1.82) is 0 Å². The van der Waals surface area contributed by atoms with E-state index in [1.807, 2.05) is 44.2 Å². The summed E-state index contributed by atoms with van der Waals surface area (Å²) in [7, 11) is 0. The maximum absolute atomic E-state index is 16.3. The van der Waals surface area contributed by atoms with E-state index in [0.717, 1.165) is 10.5 Å². The van der Waals surface area contributed by atoms with Crippen molar-refractivity contribution in [3.63, 3.8) is 0 Å². The zero-order valence-electron chi connectivity index (χ0n) is 24.6. The first-order chi connectivity index (χ1) is 21.3. The number of hydrogen-bond donors (Lipinski definition) is 0. The molecule has 0 N–H and O–H groups in total. The largest absolute Gasteiger partial charge is 0.471 e. The molecule has 2 amide bonds. The molecule has 9 nitrogen and oxygen atoms in total. The minimum absolute atomic E-state index is 0.0398. The van der Waals surface area contributed by atoms with Gasteiger partial charge in [0, 0.05) is 17.0 Å². The third-order valence-corrected chi connectivity index (χ3v) is 8.13. The quantitative estimate of drug-likeness (QED) is 0.188. The van der Waals surface area contributed by atoms with Crippen LogP contribution in [0.4, 0.5) is 10.3 Å². The summed E-state index contributed by atoms with van der Waals surface area (Å²) in [6.07, 6.45) is 0.688. The minimum Gasteiger partial charge on any atom is -0.471 e. The van der Waals surface area contributed by atoms with E-state index in [2.05, 4.69) is 15.0 Å². The zero-order chi connectivity index (χ0) is 30.8. The number of rotatable bonds is 8. The fourth-order valence-electron chi connectivity index (χ4n) is 5.46. The number of benzene rings is 3. The predicted octanol–water partition coefficient (Wildman–Crippen LogP) is 6.56. The number of amides is 2. The van der Waals surface area contributed by atoms with Crippen LogP contribution < -0.4 is 9.64 Å². The first-order valence-electron chi connectivity index (χ1n) is 14.5. The zero-order valence-corrected chi connectivity index (χ0v) is 24.6. The molecule has 10 heteroatoms. The molecule has 1 aliphatic rings. The van der Waals surface area contributed by atoms with E-state index in [1.165, 1.54) is 17.8 Å². The Kier molecular flexibility index (Phi) is 7.92. The Morgan fingerprint density at radius 2 is 1.50 bits per heavy atom. The van der Waals surface area contributed by atoms with Crippen molar-refractivity contribution in [1.82, 2.24) is 19.5 Å². The van der Waals surface area contributed by atoms with Gasteiger partial charge in [0.05, 0.1) is 12.4 Å². The SMILES string of the molecule is CC[C@H]1O[C@@H](n2cnc3c(OCc4ccccc4)nc(N(C(=O)c4ccccc4)C(=O)c4ccccc4)nc32)[C@](C)(F)[C@@H]1C. The first kappa shape index (κ1) is 29.1. The number of carbonyl (C=O) groups excluding carboxylic acids is 2. The molecule has 2 aromatic heterocycles.